The lowest BCUT2D eigenvalue weighted by atomic mass is 10.1. The van der Waals surface area contributed by atoms with Gasteiger partial charge in [-0.3, -0.25) is 9.36 Å². The molecule has 0 saturated carbocycles. The first-order valence-corrected chi connectivity index (χ1v) is 6.54. The van der Waals surface area contributed by atoms with Crippen molar-refractivity contribution >= 4 is 17.2 Å². The van der Waals surface area contributed by atoms with Crippen molar-refractivity contribution < 1.29 is 9.13 Å². The van der Waals surface area contributed by atoms with Gasteiger partial charge in [0.1, 0.15) is 10.8 Å². The quantitative estimate of drug-likeness (QED) is 0.864. The van der Waals surface area contributed by atoms with Gasteiger partial charge in [-0.2, -0.15) is 0 Å². The Morgan fingerprint density at radius 1 is 1.52 bits per heavy atom. The van der Waals surface area contributed by atoms with E-state index in [1.165, 1.54) is 23.8 Å². The lowest BCUT2D eigenvalue weighted by molar-refractivity contribution is 0.349. The number of thiocarbonyl (C=S) groups is 1. The molecule has 0 saturated heterocycles. The molecular formula is C14H14FN3O2S. The average Bonchev–Trinajstić information content (AvgIpc) is 2.42. The molecule has 21 heavy (non-hydrogen) atoms. The second-order valence-corrected chi connectivity index (χ2v) is 4.89. The molecule has 5 nitrogen and oxygen atoms in total. The van der Waals surface area contributed by atoms with Crippen LogP contribution in [-0.2, 0) is 6.54 Å². The number of hydrogen-bond acceptors (Lipinski definition) is 4. The number of hydrogen-bond donors (Lipinski definition) is 1. The zero-order chi connectivity index (χ0) is 15.6. The van der Waals surface area contributed by atoms with E-state index in [1.54, 1.807) is 19.1 Å². The first kappa shape index (κ1) is 15.1. The van der Waals surface area contributed by atoms with E-state index in [1.807, 2.05) is 0 Å². The summed E-state index contributed by atoms with van der Waals surface area (Å²) < 4.78 is 20.6. The van der Waals surface area contributed by atoms with Crippen LogP contribution in [0.1, 0.15) is 16.8 Å². The molecular weight excluding hydrogens is 293 g/mol. The molecule has 2 aromatic rings. The zero-order valence-electron chi connectivity index (χ0n) is 11.6. The van der Waals surface area contributed by atoms with Crippen LogP contribution < -0.4 is 16.0 Å². The van der Waals surface area contributed by atoms with Crippen molar-refractivity contribution in [3.8, 4) is 6.01 Å². The third-order valence-electron chi connectivity index (χ3n) is 2.96. The molecule has 1 heterocycles. The van der Waals surface area contributed by atoms with Gasteiger partial charge in [-0.15, -0.1) is 0 Å². The van der Waals surface area contributed by atoms with Crippen molar-refractivity contribution in [3.05, 3.63) is 57.3 Å². The van der Waals surface area contributed by atoms with E-state index >= 15 is 0 Å². The maximum Gasteiger partial charge on any atom is 0.299 e. The second-order valence-electron chi connectivity index (χ2n) is 4.45. The molecule has 1 aromatic carbocycles. The van der Waals surface area contributed by atoms with Gasteiger partial charge in [0.25, 0.3) is 11.6 Å². The lowest BCUT2D eigenvalue weighted by Crippen LogP contribution is -2.24. The van der Waals surface area contributed by atoms with Crippen LogP contribution in [0.5, 0.6) is 6.01 Å². The summed E-state index contributed by atoms with van der Waals surface area (Å²) >= 11 is 4.80. The lowest BCUT2D eigenvalue weighted by Gasteiger charge is -2.12. The molecule has 0 unspecified atom stereocenters. The van der Waals surface area contributed by atoms with Gasteiger partial charge in [0, 0.05) is 22.9 Å². The molecule has 0 aliphatic heterocycles. The first-order chi connectivity index (χ1) is 9.93. The van der Waals surface area contributed by atoms with Crippen molar-refractivity contribution in [3.63, 3.8) is 0 Å². The van der Waals surface area contributed by atoms with Crippen molar-refractivity contribution in [2.24, 2.45) is 5.73 Å². The van der Waals surface area contributed by atoms with Crippen molar-refractivity contribution in [2.45, 2.75) is 13.5 Å². The van der Waals surface area contributed by atoms with Crippen molar-refractivity contribution in [1.29, 1.82) is 0 Å². The van der Waals surface area contributed by atoms with Gasteiger partial charge in [-0.05, 0) is 13.0 Å². The molecule has 7 heteroatoms. The highest BCUT2D eigenvalue weighted by Gasteiger charge is 2.14. The summed E-state index contributed by atoms with van der Waals surface area (Å²) in [7, 11) is 1.40. The third-order valence-corrected chi connectivity index (χ3v) is 3.18. The molecule has 0 bridgehead atoms. The highest BCUT2D eigenvalue weighted by Crippen LogP contribution is 2.16. The monoisotopic (exact) mass is 307 g/mol. The molecule has 0 aliphatic rings. The van der Waals surface area contributed by atoms with Crippen LogP contribution in [0.3, 0.4) is 0 Å². The Kier molecular flexibility index (Phi) is 4.32. The predicted octanol–water partition coefficient (Wildman–Crippen LogP) is 1.38. The Morgan fingerprint density at radius 3 is 2.86 bits per heavy atom. The van der Waals surface area contributed by atoms with Gasteiger partial charge in [0.15, 0.2) is 0 Å². The summed E-state index contributed by atoms with van der Waals surface area (Å²) in [5.41, 5.74) is 6.11. The van der Waals surface area contributed by atoms with Crippen LogP contribution in [-0.4, -0.2) is 21.6 Å². The smallest absolute Gasteiger partial charge is 0.299 e. The fourth-order valence-corrected chi connectivity index (χ4v) is 2.12. The molecule has 0 fully saturated rings. The van der Waals surface area contributed by atoms with Gasteiger partial charge in [-0.1, -0.05) is 24.4 Å². The Hall–Kier alpha value is -2.28. The topological polar surface area (TPSA) is 70.1 Å². The molecule has 1 aromatic heterocycles. The number of nitrogens with two attached hydrogens (primary N) is 1. The fraction of sp³-hybridized carbons (Fsp3) is 0.214. The van der Waals surface area contributed by atoms with Crippen LogP contribution in [0, 0.1) is 12.7 Å². The van der Waals surface area contributed by atoms with E-state index in [9.17, 15) is 9.18 Å². The van der Waals surface area contributed by atoms with Crippen molar-refractivity contribution in [2.75, 3.05) is 7.11 Å². The van der Waals surface area contributed by atoms with Gasteiger partial charge in [0.05, 0.1) is 13.7 Å². The largest absolute Gasteiger partial charge is 0.468 e. The second kappa shape index (κ2) is 6.01. The number of methoxy groups -OCH3 is 1. The highest BCUT2D eigenvalue weighted by molar-refractivity contribution is 7.80. The minimum absolute atomic E-state index is 0.0163. The maximum absolute atomic E-state index is 14.3. The fourth-order valence-electron chi connectivity index (χ4n) is 1.96. The van der Waals surface area contributed by atoms with E-state index in [0.717, 1.165) is 0 Å². The number of rotatable bonds is 4. The third kappa shape index (κ3) is 3.08. The standard InChI is InChI=1S/C14H14FN3O2S/c1-8-6-11(19)18(14(17-8)20-2)7-9-4-3-5-10(12(9)15)13(16)21/h3-6H,7H2,1-2H3,(H2,16,21). The minimum atomic E-state index is -0.542. The van der Waals surface area contributed by atoms with Crippen LogP contribution in [0.2, 0.25) is 0 Å². The molecule has 110 valence electrons. The maximum atomic E-state index is 14.3. The number of aryl methyl sites for hydroxylation is 1. The summed E-state index contributed by atoms with van der Waals surface area (Å²) in [5, 5.41) is 0. The Labute approximate surface area is 126 Å². The van der Waals surface area contributed by atoms with E-state index in [4.69, 9.17) is 22.7 Å². The highest BCUT2D eigenvalue weighted by atomic mass is 32.1. The van der Waals surface area contributed by atoms with E-state index in [2.05, 4.69) is 4.98 Å². The number of halogens is 1. The van der Waals surface area contributed by atoms with E-state index in [0.29, 0.717) is 5.69 Å². The molecule has 2 N–H and O–H groups in total. The first-order valence-electron chi connectivity index (χ1n) is 6.13. The molecule has 2 rings (SSSR count). The number of benzene rings is 1. The minimum Gasteiger partial charge on any atom is -0.468 e. The van der Waals surface area contributed by atoms with Crippen LogP contribution >= 0.6 is 12.2 Å². The summed E-state index contributed by atoms with van der Waals surface area (Å²) in [6.45, 7) is 1.67. The Bertz CT molecular complexity index is 758. The van der Waals surface area contributed by atoms with Gasteiger partial charge >= 0.3 is 0 Å². The van der Waals surface area contributed by atoms with E-state index in [-0.39, 0.29) is 34.2 Å². The predicted molar refractivity (Wildman–Crippen MR) is 81.2 cm³/mol. The normalized spacial score (nSPS) is 10.4. The number of ether oxygens (including phenoxy) is 1. The zero-order valence-corrected chi connectivity index (χ0v) is 12.4. The van der Waals surface area contributed by atoms with Crippen LogP contribution in [0.25, 0.3) is 0 Å². The van der Waals surface area contributed by atoms with E-state index < -0.39 is 5.82 Å². The van der Waals surface area contributed by atoms with Crippen LogP contribution in [0.15, 0.2) is 29.1 Å². The molecule has 0 atom stereocenters. The number of aromatic nitrogens is 2. The Morgan fingerprint density at radius 2 is 2.24 bits per heavy atom. The SMILES string of the molecule is COc1nc(C)cc(=O)n1Cc1cccc(C(N)=S)c1F. The molecule has 0 radical (unpaired) electrons. The van der Waals surface area contributed by atoms with Crippen LogP contribution in [0.4, 0.5) is 4.39 Å². The van der Waals surface area contributed by atoms with Gasteiger partial charge in [-0.25, -0.2) is 9.37 Å². The van der Waals surface area contributed by atoms with Gasteiger partial charge in [0.2, 0.25) is 0 Å². The molecule has 0 spiro atoms. The average molecular weight is 307 g/mol. The Balaban J connectivity index is 2.51. The summed E-state index contributed by atoms with van der Waals surface area (Å²) in [6, 6.07) is 6.17. The summed E-state index contributed by atoms with van der Waals surface area (Å²) in [6.07, 6.45) is 0. The summed E-state index contributed by atoms with van der Waals surface area (Å²) in [4.78, 5) is 16.1. The molecule has 0 amide bonds. The molecule has 0 aliphatic carbocycles. The number of nitrogens with zero attached hydrogens (tertiary/aromatic N) is 2. The van der Waals surface area contributed by atoms with Crippen molar-refractivity contribution in [1.82, 2.24) is 9.55 Å². The summed E-state index contributed by atoms with van der Waals surface area (Å²) in [5.74, 6) is -0.542. The van der Waals surface area contributed by atoms with Gasteiger partial charge < -0.3 is 10.5 Å².